The van der Waals surface area contributed by atoms with E-state index < -0.39 is 0 Å². The second-order valence-electron chi connectivity index (χ2n) is 12.3. The van der Waals surface area contributed by atoms with Gasteiger partial charge in [0, 0.05) is 0 Å². The molecule has 3 nitrogen and oxygen atoms in total. The predicted octanol–water partition coefficient (Wildman–Crippen LogP) is 8.10. The first kappa shape index (κ1) is 25.2. The van der Waals surface area contributed by atoms with Crippen LogP contribution in [0.15, 0.2) is 0 Å². The van der Waals surface area contributed by atoms with E-state index in [2.05, 4.69) is 13.8 Å². The lowest BCUT2D eigenvalue weighted by atomic mass is 9.69. The summed E-state index contributed by atoms with van der Waals surface area (Å²) in [6.07, 6.45) is 22.2. The standard InChI is InChI=1S/C30H50O3/c1-3-21-5-9-23(10-6-21)25-13-17-27(18-14-25)29(31)33-30(32)28-19-15-26(16-20-28)24-11-7-22(4-2)8-12-24/h21-28H,3-20H2,1-2H3. The van der Waals surface area contributed by atoms with Crippen molar-refractivity contribution in [3.8, 4) is 0 Å². The molecule has 188 valence electrons. The number of hydrogen-bond acceptors (Lipinski definition) is 3. The third kappa shape index (κ3) is 6.63. The molecule has 4 fully saturated rings. The fraction of sp³-hybridized carbons (Fsp3) is 0.933. The minimum absolute atomic E-state index is 0.0396. The molecule has 0 spiro atoms. The summed E-state index contributed by atoms with van der Waals surface area (Å²) >= 11 is 0. The van der Waals surface area contributed by atoms with Crippen LogP contribution in [0.2, 0.25) is 0 Å². The van der Waals surface area contributed by atoms with Gasteiger partial charge in [0.2, 0.25) is 0 Å². The zero-order chi connectivity index (χ0) is 23.2. The summed E-state index contributed by atoms with van der Waals surface area (Å²) in [5.41, 5.74) is 0. The van der Waals surface area contributed by atoms with E-state index in [0.29, 0.717) is 0 Å². The van der Waals surface area contributed by atoms with Crippen molar-refractivity contribution in [2.75, 3.05) is 0 Å². The molecule has 4 aliphatic rings. The average molecular weight is 459 g/mol. The normalized spacial score (nSPS) is 40.2. The predicted molar refractivity (Wildman–Crippen MR) is 133 cm³/mol. The van der Waals surface area contributed by atoms with Gasteiger partial charge in [-0.25, -0.2) is 0 Å². The molecule has 4 rings (SSSR count). The lowest BCUT2D eigenvalue weighted by molar-refractivity contribution is -0.167. The molecule has 0 aliphatic heterocycles. The molecule has 0 aromatic heterocycles. The summed E-state index contributed by atoms with van der Waals surface area (Å²) in [6.45, 7) is 4.65. The van der Waals surface area contributed by atoms with E-state index in [9.17, 15) is 9.59 Å². The van der Waals surface area contributed by atoms with Crippen molar-refractivity contribution in [3.63, 3.8) is 0 Å². The Bertz CT molecular complexity index is 556. The minimum atomic E-state index is -0.215. The molecule has 0 heterocycles. The highest BCUT2D eigenvalue weighted by atomic mass is 16.6. The van der Waals surface area contributed by atoms with Crippen LogP contribution in [0.25, 0.3) is 0 Å². The van der Waals surface area contributed by atoms with Gasteiger partial charge in [-0.3, -0.25) is 9.59 Å². The van der Waals surface area contributed by atoms with Crippen molar-refractivity contribution in [1.29, 1.82) is 0 Å². The van der Waals surface area contributed by atoms with Crippen LogP contribution >= 0.6 is 0 Å². The molecule has 0 unspecified atom stereocenters. The first-order chi connectivity index (χ1) is 16.1. The molecule has 0 saturated heterocycles. The van der Waals surface area contributed by atoms with Crippen LogP contribution in [0.3, 0.4) is 0 Å². The van der Waals surface area contributed by atoms with Crippen molar-refractivity contribution >= 4 is 11.9 Å². The third-order valence-electron chi connectivity index (χ3n) is 10.7. The fourth-order valence-corrected chi connectivity index (χ4v) is 8.05. The Balaban J connectivity index is 1.14. The summed E-state index contributed by atoms with van der Waals surface area (Å²) < 4.78 is 5.47. The van der Waals surface area contributed by atoms with Crippen molar-refractivity contribution in [2.24, 2.45) is 47.3 Å². The van der Waals surface area contributed by atoms with Crippen LogP contribution in [0.1, 0.15) is 129 Å². The van der Waals surface area contributed by atoms with E-state index >= 15 is 0 Å². The largest absolute Gasteiger partial charge is 0.393 e. The molecule has 0 bridgehead atoms. The van der Waals surface area contributed by atoms with Gasteiger partial charge in [0.25, 0.3) is 0 Å². The van der Waals surface area contributed by atoms with Crippen molar-refractivity contribution in [2.45, 2.75) is 129 Å². The zero-order valence-electron chi connectivity index (χ0n) is 21.6. The molecule has 0 atom stereocenters. The molecule has 4 aliphatic carbocycles. The SMILES string of the molecule is CCC1CCC(C2CCC(C(=O)OC(=O)C3CCC(C4CCC(CC)CC4)CC3)CC2)CC1. The number of carbonyl (C=O) groups is 2. The lowest BCUT2D eigenvalue weighted by Gasteiger charge is -2.37. The van der Waals surface area contributed by atoms with Crippen molar-refractivity contribution in [1.82, 2.24) is 0 Å². The number of ether oxygens (including phenoxy) is 1. The van der Waals surface area contributed by atoms with Crippen LogP contribution in [0.5, 0.6) is 0 Å². The van der Waals surface area contributed by atoms with E-state index in [1.807, 2.05) is 0 Å². The highest BCUT2D eigenvalue weighted by Crippen LogP contribution is 2.44. The fourth-order valence-electron chi connectivity index (χ4n) is 8.05. The molecular weight excluding hydrogens is 408 g/mol. The maximum absolute atomic E-state index is 12.7. The minimum Gasteiger partial charge on any atom is -0.393 e. The maximum atomic E-state index is 12.7. The highest BCUT2D eigenvalue weighted by Gasteiger charge is 2.37. The van der Waals surface area contributed by atoms with Gasteiger partial charge in [-0.05, 0) is 113 Å². The molecule has 3 heteroatoms. The quantitative estimate of drug-likeness (QED) is 0.298. The maximum Gasteiger partial charge on any atom is 0.316 e. The second kappa shape index (κ2) is 12.2. The Kier molecular flexibility index (Phi) is 9.34. The Hall–Kier alpha value is -0.860. The van der Waals surface area contributed by atoms with Crippen LogP contribution < -0.4 is 0 Å². The van der Waals surface area contributed by atoms with Gasteiger partial charge in [0.15, 0.2) is 0 Å². The van der Waals surface area contributed by atoms with Gasteiger partial charge in [0.1, 0.15) is 0 Å². The summed E-state index contributed by atoms with van der Waals surface area (Å²) in [5, 5.41) is 0. The first-order valence-electron chi connectivity index (χ1n) is 14.8. The monoisotopic (exact) mass is 458 g/mol. The van der Waals surface area contributed by atoms with Crippen molar-refractivity contribution < 1.29 is 14.3 Å². The summed E-state index contributed by atoms with van der Waals surface area (Å²) in [5.74, 6) is 4.73. The van der Waals surface area contributed by atoms with E-state index in [1.165, 1.54) is 64.2 Å². The summed E-state index contributed by atoms with van der Waals surface area (Å²) in [7, 11) is 0. The highest BCUT2D eigenvalue weighted by molar-refractivity contribution is 5.88. The molecule has 0 radical (unpaired) electrons. The third-order valence-corrected chi connectivity index (χ3v) is 10.7. The van der Waals surface area contributed by atoms with Crippen LogP contribution in [-0.4, -0.2) is 11.9 Å². The Labute approximate surface area is 203 Å². The van der Waals surface area contributed by atoms with Gasteiger partial charge < -0.3 is 4.74 Å². The molecule has 4 saturated carbocycles. The average Bonchev–Trinajstić information content (AvgIpc) is 2.89. The Morgan fingerprint density at radius 1 is 0.485 bits per heavy atom. The first-order valence-corrected chi connectivity index (χ1v) is 14.8. The second-order valence-corrected chi connectivity index (χ2v) is 12.3. The molecule has 0 aromatic rings. The molecule has 0 aromatic carbocycles. The van der Waals surface area contributed by atoms with E-state index in [1.54, 1.807) is 0 Å². The van der Waals surface area contributed by atoms with Crippen molar-refractivity contribution in [3.05, 3.63) is 0 Å². The van der Waals surface area contributed by atoms with Crippen LogP contribution in [-0.2, 0) is 14.3 Å². The van der Waals surface area contributed by atoms with Gasteiger partial charge in [-0.15, -0.1) is 0 Å². The number of carbonyl (C=O) groups excluding carboxylic acids is 2. The van der Waals surface area contributed by atoms with E-state index in [4.69, 9.17) is 4.74 Å². The molecule has 0 N–H and O–H groups in total. The number of esters is 2. The number of rotatable bonds is 6. The summed E-state index contributed by atoms with van der Waals surface area (Å²) in [4.78, 5) is 25.5. The van der Waals surface area contributed by atoms with E-state index in [0.717, 1.165) is 86.9 Å². The van der Waals surface area contributed by atoms with Gasteiger partial charge in [0.05, 0.1) is 11.8 Å². The molecule has 0 amide bonds. The lowest BCUT2D eigenvalue weighted by Crippen LogP contribution is -2.33. The topological polar surface area (TPSA) is 43.4 Å². The van der Waals surface area contributed by atoms with Crippen LogP contribution in [0, 0.1) is 47.3 Å². The molecule has 33 heavy (non-hydrogen) atoms. The Morgan fingerprint density at radius 2 is 0.758 bits per heavy atom. The zero-order valence-corrected chi connectivity index (χ0v) is 21.6. The van der Waals surface area contributed by atoms with E-state index in [-0.39, 0.29) is 23.8 Å². The Morgan fingerprint density at radius 3 is 1.03 bits per heavy atom. The molecular formula is C30H50O3. The van der Waals surface area contributed by atoms with Gasteiger partial charge in [-0.1, -0.05) is 52.4 Å². The van der Waals surface area contributed by atoms with Gasteiger partial charge >= 0.3 is 11.9 Å². The summed E-state index contributed by atoms with van der Waals surface area (Å²) in [6, 6.07) is 0. The number of hydrogen-bond donors (Lipinski definition) is 0. The van der Waals surface area contributed by atoms with Crippen LogP contribution in [0.4, 0.5) is 0 Å². The smallest absolute Gasteiger partial charge is 0.316 e. The van der Waals surface area contributed by atoms with Gasteiger partial charge in [-0.2, -0.15) is 0 Å².